The van der Waals surface area contributed by atoms with Crippen LogP contribution in [0.1, 0.15) is 6.42 Å². The molecule has 0 unspecified atom stereocenters. The number of carbonyl (C=O) groups excluding carboxylic acids is 1. The molecule has 2 N–H and O–H groups in total. The van der Waals surface area contributed by atoms with E-state index in [1.54, 1.807) is 18.5 Å². The number of aromatic amines is 1. The van der Waals surface area contributed by atoms with Gasteiger partial charge in [-0.1, -0.05) is 0 Å². The zero-order valence-corrected chi connectivity index (χ0v) is 6.90. The molecule has 0 aliphatic carbocycles. The number of rotatable bonds is 3. The second kappa shape index (κ2) is 4.08. The summed E-state index contributed by atoms with van der Waals surface area (Å²) in [5.41, 5.74) is 0.803. The summed E-state index contributed by atoms with van der Waals surface area (Å²) in [4.78, 5) is 13.8. The Morgan fingerprint density at radius 2 is 2.55 bits per heavy atom. The smallest absolute Gasteiger partial charge is 0.225 e. The summed E-state index contributed by atoms with van der Waals surface area (Å²) in [6.45, 7) is 0. The normalized spacial score (nSPS) is 9.55. The van der Waals surface area contributed by atoms with Gasteiger partial charge < -0.3 is 10.3 Å². The Morgan fingerprint density at radius 3 is 3.09 bits per heavy atom. The van der Waals surface area contributed by atoms with E-state index in [-0.39, 0.29) is 5.91 Å². The molecule has 1 aromatic heterocycles. The SMILES string of the molecule is O=C(CCS)Nc1cc[nH]c1. The Morgan fingerprint density at radius 1 is 1.73 bits per heavy atom. The van der Waals surface area contributed by atoms with Gasteiger partial charge in [-0.2, -0.15) is 12.6 Å². The Balaban J connectivity index is 2.37. The highest BCUT2D eigenvalue weighted by Gasteiger charge is 1.99. The van der Waals surface area contributed by atoms with Crippen molar-refractivity contribution < 1.29 is 4.79 Å². The van der Waals surface area contributed by atoms with Gasteiger partial charge in [0.2, 0.25) is 5.91 Å². The fourth-order valence-corrected chi connectivity index (χ4v) is 0.930. The number of hydrogen-bond donors (Lipinski definition) is 3. The van der Waals surface area contributed by atoms with E-state index in [0.717, 1.165) is 5.69 Å². The van der Waals surface area contributed by atoms with Crippen molar-refractivity contribution >= 4 is 24.2 Å². The van der Waals surface area contributed by atoms with E-state index in [9.17, 15) is 4.79 Å². The van der Waals surface area contributed by atoms with Crippen LogP contribution < -0.4 is 5.32 Å². The number of aromatic nitrogens is 1. The minimum atomic E-state index is -0.000370. The first-order chi connectivity index (χ1) is 5.33. The zero-order valence-electron chi connectivity index (χ0n) is 6.00. The molecule has 1 rings (SSSR count). The van der Waals surface area contributed by atoms with Crippen LogP contribution in [0.25, 0.3) is 0 Å². The van der Waals surface area contributed by atoms with Crippen molar-refractivity contribution in [3.05, 3.63) is 18.5 Å². The third kappa shape index (κ3) is 2.67. The van der Waals surface area contributed by atoms with Crippen LogP contribution in [0.3, 0.4) is 0 Å². The lowest BCUT2D eigenvalue weighted by Crippen LogP contribution is -2.10. The average molecular weight is 170 g/mol. The Hall–Kier alpha value is -0.900. The number of H-pyrrole nitrogens is 1. The van der Waals surface area contributed by atoms with Crippen molar-refractivity contribution in [1.29, 1.82) is 0 Å². The summed E-state index contributed by atoms with van der Waals surface area (Å²) in [7, 11) is 0. The predicted molar refractivity (Wildman–Crippen MR) is 47.9 cm³/mol. The van der Waals surface area contributed by atoms with Gasteiger partial charge in [0.1, 0.15) is 0 Å². The fourth-order valence-electron chi connectivity index (χ4n) is 0.727. The minimum Gasteiger partial charge on any atom is -0.366 e. The van der Waals surface area contributed by atoms with Gasteiger partial charge in [-0.3, -0.25) is 4.79 Å². The molecule has 3 nitrogen and oxygen atoms in total. The van der Waals surface area contributed by atoms with E-state index in [2.05, 4.69) is 22.9 Å². The molecular formula is C7H10N2OS. The van der Waals surface area contributed by atoms with Crippen molar-refractivity contribution in [2.75, 3.05) is 11.1 Å². The number of carbonyl (C=O) groups is 1. The molecule has 1 amide bonds. The molecular weight excluding hydrogens is 160 g/mol. The van der Waals surface area contributed by atoms with Gasteiger partial charge in [-0.05, 0) is 11.8 Å². The molecule has 1 aromatic rings. The second-order valence-corrected chi connectivity index (χ2v) is 2.57. The van der Waals surface area contributed by atoms with Crippen LogP contribution in [-0.2, 0) is 4.79 Å². The van der Waals surface area contributed by atoms with Crippen molar-refractivity contribution in [2.24, 2.45) is 0 Å². The molecule has 4 heteroatoms. The summed E-state index contributed by atoms with van der Waals surface area (Å²) in [5, 5.41) is 2.70. The molecule has 0 aromatic carbocycles. The summed E-state index contributed by atoms with van der Waals surface area (Å²) in [5.74, 6) is 0.579. The quantitative estimate of drug-likeness (QED) is 0.588. The summed E-state index contributed by atoms with van der Waals surface area (Å²) >= 11 is 3.94. The lowest BCUT2D eigenvalue weighted by atomic mass is 10.4. The van der Waals surface area contributed by atoms with Gasteiger partial charge in [-0.25, -0.2) is 0 Å². The second-order valence-electron chi connectivity index (χ2n) is 2.12. The lowest BCUT2D eigenvalue weighted by molar-refractivity contribution is -0.115. The van der Waals surface area contributed by atoms with Crippen LogP contribution in [0.4, 0.5) is 5.69 Å². The van der Waals surface area contributed by atoms with Crippen molar-refractivity contribution in [1.82, 2.24) is 4.98 Å². The van der Waals surface area contributed by atoms with Gasteiger partial charge in [0.05, 0.1) is 5.69 Å². The monoisotopic (exact) mass is 170 g/mol. The highest BCUT2D eigenvalue weighted by molar-refractivity contribution is 7.80. The Labute approximate surface area is 70.6 Å². The molecule has 0 atom stereocenters. The number of nitrogens with one attached hydrogen (secondary N) is 2. The van der Waals surface area contributed by atoms with Gasteiger partial charge in [-0.15, -0.1) is 0 Å². The average Bonchev–Trinajstić information content (AvgIpc) is 2.40. The van der Waals surface area contributed by atoms with Gasteiger partial charge in [0.15, 0.2) is 0 Å². The van der Waals surface area contributed by atoms with Crippen LogP contribution in [0.5, 0.6) is 0 Å². The van der Waals surface area contributed by atoms with Crippen LogP contribution >= 0.6 is 12.6 Å². The van der Waals surface area contributed by atoms with E-state index >= 15 is 0 Å². The maximum absolute atomic E-state index is 10.9. The Kier molecular flexibility index (Phi) is 3.04. The van der Waals surface area contributed by atoms with Gasteiger partial charge >= 0.3 is 0 Å². The largest absolute Gasteiger partial charge is 0.366 e. The molecule has 0 fully saturated rings. The first-order valence-corrected chi connectivity index (χ1v) is 3.99. The first kappa shape index (κ1) is 8.20. The van der Waals surface area contributed by atoms with Crippen LogP contribution in [0, 0.1) is 0 Å². The summed E-state index contributed by atoms with van der Waals surface area (Å²) in [6.07, 6.45) is 3.95. The molecule has 0 saturated carbocycles. The van der Waals surface area contributed by atoms with E-state index < -0.39 is 0 Å². The zero-order chi connectivity index (χ0) is 8.10. The van der Waals surface area contributed by atoms with Gasteiger partial charge in [0, 0.05) is 18.8 Å². The third-order valence-corrected chi connectivity index (χ3v) is 1.44. The number of anilines is 1. The van der Waals surface area contributed by atoms with E-state index in [1.807, 2.05) is 0 Å². The van der Waals surface area contributed by atoms with Crippen molar-refractivity contribution in [3.8, 4) is 0 Å². The fraction of sp³-hybridized carbons (Fsp3) is 0.286. The topological polar surface area (TPSA) is 44.9 Å². The summed E-state index contributed by atoms with van der Waals surface area (Å²) in [6, 6.07) is 1.80. The molecule has 1 heterocycles. The van der Waals surface area contributed by atoms with Gasteiger partial charge in [0.25, 0.3) is 0 Å². The molecule has 11 heavy (non-hydrogen) atoms. The molecule has 0 spiro atoms. The molecule has 0 radical (unpaired) electrons. The number of thiol groups is 1. The standard InChI is InChI=1S/C7H10N2OS/c10-7(2-4-11)9-6-1-3-8-5-6/h1,3,5,8,11H,2,4H2,(H,9,10). The number of hydrogen-bond acceptors (Lipinski definition) is 2. The highest BCUT2D eigenvalue weighted by Crippen LogP contribution is 2.03. The minimum absolute atomic E-state index is 0.000370. The van der Waals surface area contributed by atoms with E-state index in [1.165, 1.54) is 0 Å². The van der Waals surface area contributed by atoms with Crippen LogP contribution in [-0.4, -0.2) is 16.6 Å². The van der Waals surface area contributed by atoms with E-state index in [0.29, 0.717) is 12.2 Å². The molecule has 0 bridgehead atoms. The molecule has 0 aliphatic rings. The van der Waals surface area contributed by atoms with E-state index in [4.69, 9.17) is 0 Å². The van der Waals surface area contributed by atoms with Crippen molar-refractivity contribution in [3.63, 3.8) is 0 Å². The lowest BCUT2D eigenvalue weighted by Gasteiger charge is -1.98. The predicted octanol–water partition coefficient (Wildman–Crippen LogP) is 1.27. The third-order valence-electron chi connectivity index (χ3n) is 1.22. The van der Waals surface area contributed by atoms with Crippen molar-refractivity contribution in [2.45, 2.75) is 6.42 Å². The first-order valence-electron chi connectivity index (χ1n) is 3.36. The Bertz CT molecular complexity index is 220. The molecule has 0 saturated heterocycles. The molecule has 60 valence electrons. The molecule has 0 aliphatic heterocycles. The maximum Gasteiger partial charge on any atom is 0.225 e. The highest BCUT2D eigenvalue weighted by atomic mass is 32.1. The van der Waals surface area contributed by atoms with Crippen LogP contribution in [0.2, 0.25) is 0 Å². The van der Waals surface area contributed by atoms with Crippen LogP contribution in [0.15, 0.2) is 18.5 Å². The number of amides is 1. The maximum atomic E-state index is 10.9. The summed E-state index contributed by atoms with van der Waals surface area (Å²) < 4.78 is 0.